The molecule has 0 amide bonds. The number of aromatic nitrogens is 2. The van der Waals surface area contributed by atoms with Crippen molar-refractivity contribution in [1.29, 1.82) is 0 Å². The fourth-order valence-electron chi connectivity index (χ4n) is 1.93. The Kier molecular flexibility index (Phi) is 5.17. The average Bonchev–Trinajstić information content (AvgIpc) is 2.84. The average molecular weight is 412 g/mol. The zero-order valence-electron chi connectivity index (χ0n) is 12.0. The molecule has 2 rings (SSSR count). The van der Waals surface area contributed by atoms with E-state index in [4.69, 9.17) is 0 Å². The second-order valence-corrected chi connectivity index (χ2v) is 7.65. The lowest BCUT2D eigenvalue weighted by atomic mass is 10.4. The third-order valence-electron chi connectivity index (χ3n) is 3.04. The Morgan fingerprint density at radius 3 is 2.57 bits per heavy atom. The topological polar surface area (TPSA) is 55.2 Å². The van der Waals surface area contributed by atoms with Gasteiger partial charge < -0.3 is 4.57 Å². The molecular weight excluding hydrogens is 399 g/mol. The van der Waals surface area contributed by atoms with Crippen LogP contribution in [0.1, 0.15) is 5.82 Å². The Labute approximate surface area is 139 Å². The molecule has 0 fully saturated rings. The number of hydrogen-bond acceptors (Lipinski definition) is 3. The van der Waals surface area contributed by atoms with Gasteiger partial charge in [0.25, 0.3) is 0 Å². The van der Waals surface area contributed by atoms with Crippen LogP contribution in [0.2, 0.25) is 0 Å². The van der Waals surface area contributed by atoms with Crippen LogP contribution in [-0.4, -0.2) is 35.5 Å². The van der Waals surface area contributed by atoms with Gasteiger partial charge in [-0.25, -0.2) is 13.4 Å². The molecule has 5 nitrogen and oxygen atoms in total. The second-order valence-electron chi connectivity index (χ2n) is 4.78. The van der Waals surface area contributed by atoms with Crippen molar-refractivity contribution in [1.82, 2.24) is 13.9 Å². The van der Waals surface area contributed by atoms with Crippen molar-refractivity contribution < 1.29 is 21.6 Å². The van der Waals surface area contributed by atoms with Crippen molar-refractivity contribution in [3.05, 3.63) is 47.0 Å². The molecule has 0 unspecified atom stereocenters. The number of hydrogen-bond donors (Lipinski definition) is 0. The summed E-state index contributed by atoms with van der Waals surface area (Å²) in [7, 11) is -2.56. The smallest absolute Gasteiger partial charge is 0.325 e. The first-order valence-electron chi connectivity index (χ1n) is 6.39. The fraction of sp³-hybridized carbons (Fsp3) is 0.308. The molecule has 2 aromatic rings. The number of rotatable bonds is 5. The Hall–Kier alpha value is -1.39. The SMILES string of the molecule is CN(Cc1nccn1CC(F)(F)F)S(=O)(=O)c1ccccc1Br. The summed E-state index contributed by atoms with van der Waals surface area (Å²) in [4.78, 5) is 3.85. The summed E-state index contributed by atoms with van der Waals surface area (Å²) < 4.78 is 64.8. The number of imidazole rings is 1. The summed E-state index contributed by atoms with van der Waals surface area (Å²) in [6.07, 6.45) is -2.03. The molecule has 0 saturated carbocycles. The predicted octanol–water partition coefficient (Wildman–Crippen LogP) is 3.03. The van der Waals surface area contributed by atoms with Crippen LogP contribution in [0.4, 0.5) is 13.2 Å². The van der Waals surface area contributed by atoms with E-state index in [0.717, 1.165) is 8.87 Å². The lowest BCUT2D eigenvalue weighted by Gasteiger charge is -2.19. The molecule has 1 aromatic carbocycles. The van der Waals surface area contributed by atoms with Crippen molar-refractivity contribution in [3.8, 4) is 0 Å². The van der Waals surface area contributed by atoms with Gasteiger partial charge in [-0.3, -0.25) is 0 Å². The third-order valence-corrected chi connectivity index (χ3v) is 5.86. The minimum absolute atomic E-state index is 0.0143. The maximum atomic E-state index is 12.5. The van der Waals surface area contributed by atoms with E-state index in [2.05, 4.69) is 20.9 Å². The zero-order chi connectivity index (χ0) is 17.3. The van der Waals surface area contributed by atoms with Crippen LogP contribution in [-0.2, 0) is 23.1 Å². The van der Waals surface area contributed by atoms with E-state index in [1.165, 1.54) is 25.5 Å². The van der Waals surface area contributed by atoms with Gasteiger partial charge in [-0.2, -0.15) is 17.5 Å². The van der Waals surface area contributed by atoms with Gasteiger partial charge in [0.1, 0.15) is 12.4 Å². The van der Waals surface area contributed by atoms with Crippen molar-refractivity contribution in [2.45, 2.75) is 24.2 Å². The van der Waals surface area contributed by atoms with Crippen LogP contribution in [0.25, 0.3) is 0 Å². The Morgan fingerprint density at radius 2 is 1.96 bits per heavy atom. The quantitative estimate of drug-likeness (QED) is 0.759. The minimum Gasteiger partial charge on any atom is -0.325 e. The highest BCUT2D eigenvalue weighted by Crippen LogP contribution is 2.25. The van der Waals surface area contributed by atoms with Gasteiger partial charge in [-0.05, 0) is 28.1 Å². The van der Waals surface area contributed by atoms with Crippen LogP contribution in [0.5, 0.6) is 0 Å². The number of nitrogens with zero attached hydrogens (tertiary/aromatic N) is 3. The van der Waals surface area contributed by atoms with Gasteiger partial charge in [-0.15, -0.1) is 0 Å². The lowest BCUT2D eigenvalue weighted by molar-refractivity contribution is -0.141. The molecule has 126 valence electrons. The highest BCUT2D eigenvalue weighted by Gasteiger charge is 2.30. The second kappa shape index (κ2) is 6.62. The largest absolute Gasteiger partial charge is 0.406 e. The summed E-state index contributed by atoms with van der Waals surface area (Å²) >= 11 is 3.16. The highest BCUT2D eigenvalue weighted by molar-refractivity contribution is 9.10. The molecule has 0 N–H and O–H groups in total. The monoisotopic (exact) mass is 411 g/mol. The molecule has 1 heterocycles. The van der Waals surface area contributed by atoms with E-state index in [9.17, 15) is 21.6 Å². The van der Waals surface area contributed by atoms with E-state index in [1.807, 2.05) is 0 Å². The van der Waals surface area contributed by atoms with E-state index in [-0.39, 0.29) is 17.3 Å². The lowest BCUT2D eigenvalue weighted by Crippen LogP contribution is -2.29. The Morgan fingerprint density at radius 1 is 1.30 bits per heavy atom. The van der Waals surface area contributed by atoms with Crippen LogP contribution in [0.15, 0.2) is 46.0 Å². The molecule has 1 aromatic heterocycles. The molecule has 0 aliphatic carbocycles. The summed E-state index contributed by atoms with van der Waals surface area (Å²) in [6, 6.07) is 6.22. The fourth-order valence-corrected chi connectivity index (χ4v) is 4.02. The normalized spacial score (nSPS) is 12.8. The summed E-state index contributed by atoms with van der Waals surface area (Å²) in [5.41, 5.74) is 0. The molecule has 0 atom stereocenters. The first-order chi connectivity index (χ1) is 10.6. The standard InChI is InChI=1S/C13H13BrF3N3O2S/c1-19(23(21,22)11-5-3-2-4-10(11)14)8-12-18-6-7-20(12)9-13(15,16)17/h2-7H,8-9H2,1H3. The van der Waals surface area contributed by atoms with Gasteiger partial charge in [-0.1, -0.05) is 12.1 Å². The van der Waals surface area contributed by atoms with Gasteiger partial charge in [0, 0.05) is 23.9 Å². The molecular formula is C13H13BrF3N3O2S. The van der Waals surface area contributed by atoms with E-state index >= 15 is 0 Å². The number of sulfonamides is 1. The summed E-state index contributed by atoms with van der Waals surface area (Å²) in [5.74, 6) is 0.0143. The van der Waals surface area contributed by atoms with Gasteiger partial charge in [0.15, 0.2) is 0 Å². The van der Waals surface area contributed by atoms with Gasteiger partial charge >= 0.3 is 6.18 Å². The maximum Gasteiger partial charge on any atom is 0.406 e. The molecule has 0 saturated heterocycles. The molecule has 0 spiro atoms. The van der Waals surface area contributed by atoms with Crippen molar-refractivity contribution in [2.75, 3.05) is 7.05 Å². The molecule has 0 aliphatic heterocycles. The van der Waals surface area contributed by atoms with Crippen LogP contribution in [0, 0.1) is 0 Å². The van der Waals surface area contributed by atoms with E-state index in [1.54, 1.807) is 18.2 Å². The number of alkyl halides is 3. The Balaban J connectivity index is 2.25. The maximum absolute atomic E-state index is 12.5. The predicted molar refractivity (Wildman–Crippen MR) is 81.1 cm³/mol. The molecule has 10 heteroatoms. The third kappa shape index (κ3) is 4.33. The summed E-state index contributed by atoms with van der Waals surface area (Å²) in [6.45, 7) is -1.49. The van der Waals surface area contributed by atoms with Crippen LogP contribution >= 0.6 is 15.9 Å². The molecule has 23 heavy (non-hydrogen) atoms. The molecule has 0 bridgehead atoms. The van der Waals surface area contributed by atoms with Gasteiger partial charge in [0.05, 0.1) is 11.4 Å². The van der Waals surface area contributed by atoms with Gasteiger partial charge in [0.2, 0.25) is 10.0 Å². The zero-order valence-corrected chi connectivity index (χ0v) is 14.4. The Bertz CT molecular complexity index is 790. The first-order valence-corrected chi connectivity index (χ1v) is 8.62. The van der Waals surface area contributed by atoms with E-state index in [0.29, 0.717) is 4.47 Å². The number of halogens is 4. The van der Waals surface area contributed by atoms with E-state index < -0.39 is 22.7 Å². The minimum atomic E-state index is -4.41. The highest BCUT2D eigenvalue weighted by atomic mass is 79.9. The van der Waals surface area contributed by atoms with Crippen molar-refractivity contribution >= 4 is 26.0 Å². The molecule has 0 radical (unpaired) electrons. The van der Waals surface area contributed by atoms with Crippen molar-refractivity contribution in [2.24, 2.45) is 0 Å². The summed E-state index contributed by atoms with van der Waals surface area (Å²) in [5, 5.41) is 0. The van der Waals surface area contributed by atoms with Crippen LogP contribution < -0.4 is 0 Å². The van der Waals surface area contributed by atoms with Crippen LogP contribution in [0.3, 0.4) is 0 Å². The number of benzene rings is 1. The molecule has 0 aliphatic rings. The van der Waals surface area contributed by atoms with Crippen molar-refractivity contribution in [3.63, 3.8) is 0 Å². The first kappa shape index (κ1) is 18.0.